The van der Waals surface area contributed by atoms with Crippen LogP contribution in [0.5, 0.6) is 0 Å². The molecule has 1 aliphatic heterocycles. The maximum Gasteiger partial charge on any atom is 0.317 e. The fraction of sp³-hybridized carbons (Fsp3) is 0.789. The van der Waals surface area contributed by atoms with Gasteiger partial charge in [-0.25, -0.2) is 9.78 Å². The molecule has 25 heavy (non-hydrogen) atoms. The van der Waals surface area contributed by atoms with Gasteiger partial charge in [-0.2, -0.15) is 0 Å². The van der Waals surface area contributed by atoms with Gasteiger partial charge >= 0.3 is 6.03 Å². The minimum absolute atomic E-state index is 0.0436. The summed E-state index contributed by atoms with van der Waals surface area (Å²) in [5.41, 5.74) is 0.194. The number of hydrogen-bond donors (Lipinski definition) is 1. The van der Waals surface area contributed by atoms with Crippen molar-refractivity contribution < 1.29 is 4.79 Å². The third-order valence-electron chi connectivity index (χ3n) is 5.98. The molecule has 0 radical (unpaired) electrons. The second-order valence-electron chi connectivity index (χ2n) is 7.71. The first kappa shape index (κ1) is 18.2. The number of nitrogens with one attached hydrogen (secondary N) is 1. The zero-order valence-corrected chi connectivity index (χ0v) is 15.6. The summed E-state index contributed by atoms with van der Waals surface area (Å²) in [7, 11) is 1.88. The van der Waals surface area contributed by atoms with Gasteiger partial charge in [-0.05, 0) is 38.8 Å². The molecule has 6 nitrogen and oxygen atoms in total. The van der Waals surface area contributed by atoms with E-state index in [2.05, 4.69) is 15.2 Å². The topological polar surface area (TPSA) is 53.4 Å². The van der Waals surface area contributed by atoms with E-state index in [1.807, 2.05) is 17.8 Å². The Morgan fingerprint density at radius 2 is 1.88 bits per heavy atom. The lowest BCUT2D eigenvalue weighted by molar-refractivity contribution is 0.0346. The molecule has 0 aromatic carbocycles. The molecule has 2 aliphatic rings. The summed E-state index contributed by atoms with van der Waals surface area (Å²) in [6.07, 6.45) is 15.8. The highest BCUT2D eigenvalue weighted by molar-refractivity contribution is 5.73. The van der Waals surface area contributed by atoms with Crippen molar-refractivity contribution >= 4 is 6.03 Å². The maximum atomic E-state index is 12.5. The van der Waals surface area contributed by atoms with Crippen molar-refractivity contribution in [2.24, 2.45) is 0 Å². The molecule has 140 valence electrons. The monoisotopic (exact) mass is 347 g/mol. The molecule has 1 saturated heterocycles. The number of aromatic nitrogens is 2. The molecule has 2 fully saturated rings. The SMILES string of the molecule is CN(CCn1ccnc1)C(=O)NCC1(N2CCCCC2)CCCCC1. The van der Waals surface area contributed by atoms with Crippen LogP contribution in [0.1, 0.15) is 51.4 Å². The number of rotatable bonds is 6. The van der Waals surface area contributed by atoms with Crippen LogP contribution in [0.3, 0.4) is 0 Å². The third kappa shape index (κ3) is 4.75. The summed E-state index contributed by atoms with van der Waals surface area (Å²) in [5, 5.41) is 3.24. The number of carbonyl (C=O) groups excluding carboxylic acids is 1. The van der Waals surface area contributed by atoms with Crippen LogP contribution in [0.2, 0.25) is 0 Å². The number of likely N-dealkylation sites (N-methyl/N-ethyl adjacent to an activating group) is 1. The van der Waals surface area contributed by atoms with Crippen molar-refractivity contribution in [3.63, 3.8) is 0 Å². The Bertz CT molecular complexity index is 518. The summed E-state index contributed by atoms with van der Waals surface area (Å²) in [5.74, 6) is 0. The largest absolute Gasteiger partial charge is 0.336 e. The molecule has 1 aromatic heterocycles. The average molecular weight is 348 g/mol. The highest BCUT2D eigenvalue weighted by atomic mass is 16.2. The van der Waals surface area contributed by atoms with Crippen molar-refractivity contribution in [2.45, 2.75) is 63.5 Å². The van der Waals surface area contributed by atoms with E-state index < -0.39 is 0 Å². The Morgan fingerprint density at radius 3 is 2.56 bits per heavy atom. The van der Waals surface area contributed by atoms with Gasteiger partial charge in [0.1, 0.15) is 0 Å². The lowest BCUT2D eigenvalue weighted by Gasteiger charge is -2.48. The molecule has 3 rings (SSSR count). The number of amides is 2. The second-order valence-corrected chi connectivity index (χ2v) is 7.71. The van der Waals surface area contributed by atoms with Crippen LogP contribution in [0, 0.1) is 0 Å². The van der Waals surface area contributed by atoms with E-state index in [9.17, 15) is 4.79 Å². The fourth-order valence-corrected chi connectivity index (χ4v) is 4.34. The van der Waals surface area contributed by atoms with Gasteiger partial charge in [0.05, 0.1) is 6.33 Å². The predicted octanol–water partition coefficient (Wildman–Crippen LogP) is 2.71. The lowest BCUT2D eigenvalue weighted by atomic mass is 9.79. The summed E-state index contributed by atoms with van der Waals surface area (Å²) >= 11 is 0. The predicted molar refractivity (Wildman–Crippen MR) is 99.5 cm³/mol. The Hall–Kier alpha value is -1.56. The first-order valence-electron chi connectivity index (χ1n) is 9.89. The number of imidazole rings is 1. The van der Waals surface area contributed by atoms with Gasteiger partial charge in [0.25, 0.3) is 0 Å². The molecule has 2 heterocycles. The summed E-state index contributed by atoms with van der Waals surface area (Å²) in [6.45, 7) is 4.67. The first-order chi connectivity index (χ1) is 12.2. The van der Waals surface area contributed by atoms with Crippen LogP contribution in [0.4, 0.5) is 4.79 Å². The van der Waals surface area contributed by atoms with E-state index in [-0.39, 0.29) is 11.6 Å². The molecule has 1 aromatic rings. The molecule has 0 atom stereocenters. The van der Waals surface area contributed by atoms with E-state index >= 15 is 0 Å². The molecule has 1 saturated carbocycles. The molecule has 0 bridgehead atoms. The average Bonchev–Trinajstić information content (AvgIpc) is 3.19. The normalized spacial score (nSPS) is 21.0. The van der Waals surface area contributed by atoms with Crippen molar-refractivity contribution in [2.75, 3.05) is 33.2 Å². The third-order valence-corrected chi connectivity index (χ3v) is 5.98. The van der Waals surface area contributed by atoms with Crippen molar-refractivity contribution in [1.29, 1.82) is 0 Å². The van der Waals surface area contributed by atoms with E-state index in [1.54, 1.807) is 17.4 Å². The van der Waals surface area contributed by atoms with Gasteiger partial charge in [0, 0.05) is 44.6 Å². The van der Waals surface area contributed by atoms with E-state index in [4.69, 9.17) is 0 Å². The van der Waals surface area contributed by atoms with Crippen LogP contribution in [0.15, 0.2) is 18.7 Å². The van der Waals surface area contributed by atoms with Crippen LogP contribution in [0.25, 0.3) is 0 Å². The summed E-state index contributed by atoms with van der Waals surface area (Å²) < 4.78 is 2.00. The molecule has 1 N–H and O–H groups in total. The number of urea groups is 1. The quantitative estimate of drug-likeness (QED) is 0.861. The summed E-state index contributed by atoms with van der Waals surface area (Å²) in [6, 6.07) is 0.0436. The van der Waals surface area contributed by atoms with E-state index in [0.717, 1.165) is 13.1 Å². The van der Waals surface area contributed by atoms with Gasteiger partial charge in [-0.3, -0.25) is 4.90 Å². The maximum absolute atomic E-state index is 12.5. The van der Waals surface area contributed by atoms with Crippen molar-refractivity contribution in [3.05, 3.63) is 18.7 Å². The van der Waals surface area contributed by atoms with Crippen LogP contribution in [-0.4, -0.2) is 64.1 Å². The number of nitrogens with zero attached hydrogens (tertiary/aromatic N) is 4. The van der Waals surface area contributed by atoms with Gasteiger partial charge in [0.2, 0.25) is 0 Å². The molecular weight excluding hydrogens is 314 g/mol. The standard InChI is InChI=1S/C19H33N5O/c1-22(14-15-23-13-10-20-17-23)18(25)21-16-19(8-4-2-5-9-19)24-11-6-3-7-12-24/h10,13,17H,2-9,11-12,14-16H2,1H3,(H,21,25). The Kier molecular flexibility index (Phi) is 6.34. The highest BCUT2D eigenvalue weighted by Crippen LogP contribution is 2.35. The Balaban J connectivity index is 1.51. The zero-order chi connectivity index (χ0) is 17.5. The molecule has 2 amide bonds. The fourth-order valence-electron chi connectivity index (χ4n) is 4.34. The van der Waals surface area contributed by atoms with E-state index in [0.29, 0.717) is 6.54 Å². The molecule has 0 unspecified atom stereocenters. The van der Waals surface area contributed by atoms with Gasteiger partial charge < -0.3 is 14.8 Å². The number of hydrogen-bond acceptors (Lipinski definition) is 3. The second kappa shape index (κ2) is 8.70. The smallest absolute Gasteiger partial charge is 0.317 e. The van der Waals surface area contributed by atoms with Gasteiger partial charge in [-0.1, -0.05) is 25.7 Å². The number of piperidine rings is 1. The minimum atomic E-state index is 0.0436. The van der Waals surface area contributed by atoms with Crippen LogP contribution >= 0.6 is 0 Å². The van der Waals surface area contributed by atoms with Crippen molar-refractivity contribution in [3.8, 4) is 0 Å². The molecule has 6 heteroatoms. The molecular formula is C19H33N5O. The molecule has 1 aliphatic carbocycles. The number of likely N-dealkylation sites (tertiary alicyclic amines) is 1. The Labute approximate surface area is 151 Å². The van der Waals surface area contributed by atoms with Gasteiger partial charge in [-0.15, -0.1) is 0 Å². The van der Waals surface area contributed by atoms with Crippen LogP contribution in [-0.2, 0) is 6.54 Å². The number of carbonyl (C=O) groups is 1. The van der Waals surface area contributed by atoms with E-state index in [1.165, 1.54) is 64.5 Å². The zero-order valence-electron chi connectivity index (χ0n) is 15.6. The minimum Gasteiger partial charge on any atom is -0.336 e. The van der Waals surface area contributed by atoms with Gasteiger partial charge in [0.15, 0.2) is 0 Å². The highest BCUT2D eigenvalue weighted by Gasteiger charge is 2.38. The van der Waals surface area contributed by atoms with Crippen LogP contribution < -0.4 is 5.32 Å². The summed E-state index contributed by atoms with van der Waals surface area (Å²) in [4.78, 5) is 21.0. The Morgan fingerprint density at radius 1 is 1.16 bits per heavy atom. The molecule has 0 spiro atoms. The van der Waals surface area contributed by atoms with Crippen molar-refractivity contribution in [1.82, 2.24) is 24.7 Å². The lowest BCUT2D eigenvalue weighted by Crippen LogP contribution is -2.59. The first-order valence-corrected chi connectivity index (χ1v) is 9.89.